The second kappa shape index (κ2) is 6.69. The van der Waals surface area contributed by atoms with E-state index in [9.17, 15) is 19.2 Å². The topological polar surface area (TPSA) is 106 Å². The van der Waals surface area contributed by atoms with Crippen molar-refractivity contribution in [2.24, 2.45) is 14.1 Å². The number of benzene rings is 1. The van der Waals surface area contributed by atoms with Gasteiger partial charge in [-0.2, -0.15) is 0 Å². The normalized spacial score (nSPS) is 12.9. The number of rotatable bonds is 2. The van der Waals surface area contributed by atoms with Crippen molar-refractivity contribution < 1.29 is 9.59 Å². The number of pyridine rings is 1. The van der Waals surface area contributed by atoms with Crippen molar-refractivity contribution in [3.05, 3.63) is 62.4 Å². The molecule has 0 radical (unpaired) electrons. The molecule has 1 aliphatic heterocycles. The standard InChI is InChI=1S/C20H19N5O4/c1-11(26)25-7-6-12-8-14(4-5-16(12)25)22-18(27)13-9-15-17(21-10-13)23(2)20(29)24(3)19(15)28/h4-5,8-10H,6-7H2,1-3H3,(H,22,27). The first-order valence-corrected chi connectivity index (χ1v) is 9.06. The first kappa shape index (κ1) is 18.6. The first-order chi connectivity index (χ1) is 13.8. The lowest BCUT2D eigenvalue weighted by Gasteiger charge is -2.15. The lowest BCUT2D eigenvalue weighted by molar-refractivity contribution is -0.116. The Morgan fingerprint density at radius 2 is 1.86 bits per heavy atom. The van der Waals surface area contributed by atoms with Crippen LogP contribution >= 0.6 is 0 Å². The fraction of sp³-hybridized carbons (Fsp3) is 0.250. The van der Waals surface area contributed by atoms with Crippen LogP contribution < -0.4 is 21.5 Å². The maximum atomic E-state index is 12.7. The molecule has 0 fully saturated rings. The van der Waals surface area contributed by atoms with Crippen molar-refractivity contribution in [1.82, 2.24) is 14.1 Å². The average Bonchev–Trinajstić information content (AvgIpc) is 3.13. The van der Waals surface area contributed by atoms with E-state index in [2.05, 4.69) is 10.3 Å². The molecule has 0 saturated carbocycles. The zero-order valence-corrected chi connectivity index (χ0v) is 16.2. The summed E-state index contributed by atoms with van der Waals surface area (Å²) in [6.07, 6.45) is 2.06. The number of aryl methyl sites for hydroxylation is 1. The Morgan fingerprint density at radius 3 is 2.59 bits per heavy atom. The van der Waals surface area contributed by atoms with Gasteiger partial charge in [-0.3, -0.25) is 23.5 Å². The Balaban J connectivity index is 1.66. The Bertz CT molecular complexity index is 1300. The van der Waals surface area contributed by atoms with Gasteiger partial charge < -0.3 is 10.2 Å². The van der Waals surface area contributed by atoms with E-state index in [1.165, 1.54) is 37.8 Å². The highest BCUT2D eigenvalue weighted by Gasteiger charge is 2.22. The summed E-state index contributed by atoms with van der Waals surface area (Å²) in [7, 11) is 2.90. The molecule has 1 N–H and O–H groups in total. The minimum atomic E-state index is -0.507. The van der Waals surface area contributed by atoms with E-state index in [1.54, 1.807) is 11.0 Å². The maximum Gasteiger partial charge on any atom is 0.332 e. The third-order valence-corrected chi connectivity index (χ3v) is 5.17. The van der Waals surface area contributed by atoms with Crippen LogP contribution in [0.2, 0.25) is 0 Å². The molecule has 0 bridgehead atoms. The number of anilines is 2. The molecule has 2 aromatic heterocycles. The van der Waals surface area contributed by atoms with Crippen LogP contribution in [-0.2, 0) is 25.3 Å². The van der Waals surface area contributed by atoms with Crippen LogP contribution in [-0.4, -0.2) is 32.5 Å². The van der Waals surface area contributed by atoms with Crippen molar-refractivity contribution in [2.75, 3.05) is 16.8 Å². The minimum Gasteiger partial charge on any atom is -0.322 e. The molecule has 4 rings (SSSR count). The van der Waals surface area contributed by atoms with Crippen LogP contribution in [0.3, 0.4) is 0 Å². The molecule has 9 heteroatoms. The molecule has 2 amide bonds. The summed E-state index contributed by atoms with van der Waals surface area (Å²) in [6.45, 7) is 2.15. The van der Waals surface area contributed by atoms with E-state index in [-0.39, 0.29) is 22.5 Å². The van der Waals surface area contributed by atoms with E-state index < -0.39 is 17.2 Å². The summed E-state index contributed by atoms with van der Waals surface area (Å²) in [5.74, 6) is -0.435. The lowest BCUT2D eigenvalue weighted by Crippen LogP contribution is -2.37. The third-order valence-electron chi connectivity index (χ3n) is 5.17. The number of carbonyl (C=O) groups excluding carboxylic acids is 2. The molecular weight excluding hydrogens is 374 g/mol. The molecule has 1 aromatic carbocycles. The molecule has 0 spiro atoms. The molecule has 148 valence electrons. The van der Waals surface area contributed by atoms with Gasteiger partial charge in [-0.05, 0) is 36.2 Å². The van der Waals surface area contributed by atoms with E-state index in [0.717, 1.165) is 22.2 Å². The molecule has 0 unspecified atom stereocenters. The zero-order valence-electron chi connectivity index (χ0n) is 16.2. The number of nitrogens with one attached hydrogen (secondary N) is 1. The van der Waals surface area contributed by atoms with Gasteiger partial charge in [0.25, 0.3) is 11.5 Å². The molecule has 3 heterocycles. The van der Waals surface area contributed by atoms with Crippen molar-refractivity contribution in [3.63, 3.8) is 0 Å². The highest BCUT2D eigenvalue weighted by atomic mass is 16.2. The van der Waals surface area contributed by atoms with Gasteiger partial charge in [0.1, 0.15) is 5.65 Å². The number of hydrogen-bond acceptors (Lipinski definition) is 5. The fourth-order valence-electron chi connectivity index (χ4n) is 3.60. The maximum absolute atomic E-state index is 12.7. The van der Waals surface area contributed by atoms with Gasteiger partial charge in [0, 0.05) is 45.1 Å². The lowest BCUT2D eigenvalue weighted by atomic mass is 10.1. The summed E-state index contributed by atoms with van der Waals surface area (Å²) in [5, 5.41) is 2.99. The third kappa shape index (κ3) is 3.00. The smallest absolute Gasteiger partial charge is 0.322 e. The number of hydrogen-bond donors (Lipinski definition) is 1. The molecule has 3 aromatic rings. The van der Waals surface area contributed by atoms with E-state index in [4.69, 9.17) is 0 Å². The van der Waals surface area contributed by atoms with Crippen LogP contribution in [0.1, 0.15) is 22.8 Å². The molecule has 0 saturated heterocycles. The van der Waals surface area contributed by atoms with Gasteiger partial charge in [-0.15, -0.1) is 0 Å². The number of nitrogens with zero attached hydrogens (tertiary/aromatic N) is 4. The summed E-state index contributed by atoms with van der Waals surface area (Å²) < 4.78 is 2.24. The zero-order chi connectivity index (χ0) is 20.9. The van der Waals surface area contributed by atoms with Crippen molar-refractivity contribution >= 4 is 34.2 Å². The first-order valence-electron chi connectivity index (χ1n) is 9.06. The Morgan fingerprint density at radius 1 is 1.10 bits per heavy atom. The molecule has 1 aliphatic rings. The summed E-state index contributed by atoms with van der Waals surface area (Å²) in [6, 6.07) is 6.82. The van der Waals surface area contributed by atoms with Crippen molar-refractivity contribution in [2.45, 2.75) is 13.3 Å². The van der Waals surface area contributed by atoms with Gasteiger partial charge in [0.05, 0.1) is 10.9 Å². The van der Waals surface area contributed by atoms with Gasteiger partial charge in [-0.1, -0.05) is 0 Å². The number of fused-ring (bicyclic) bond motifs is 2. The van der Waals surface area contributed by atoms with E-state index in [1.807, 2.05) is 12.1 Å². The predicted molar refractivity (Wildman–Crippen MR) is 108 cm³/mol. The van der Waals surface area contributed by atoms with E-state index in [0.29, 0.717) is 12.2 Å². The van der Waals surface area contributed by atoms with Gasteiger partial charge in [0.15, 0.2) is 0 Å². The molecule has 0 aliphatic carbocycles. The molecule has 9 nitrogen and oxygen atoms in total. The van der Waals surface area contributed by atoms with Crippen LogP contribution in [0.25, 0.3) is 11.0 Å². The largest absolute Gasteiger partial charge is 0.332 e. The van der Waals surface area contributed by atoms with E-state index >= 15 is 0 Å². The van der Waals surface area contributed by atoms with Crippen molar-refractivity contribution in [1.29, 1.82) is 0 Å². The predicted octanol–water partition coefficient (Wildman–Crippen LogP) is 0.793. The second-order valence-corrected chi connectivity index (χ2v) is 7.02. The SMILES string of the molecule is CC(=O)N1CCc2cc(NC(=O)c3cnc4c(c3)c(=O)n(C)c(=O)n4C)ccc21. The summed E-state index contributed by atoms with van der Waals surface area (Å²) in [4.78, 5) is 54.6. The van der Waals surface area contributed by atoms with Gasteiger partial charge in [-0.25, -0.2) is 9.78 Å². The highest BCUT2D eigenvalue weighted by Crippen LogP contribution is 2.30. The minimum absolute atomic E-state index is 0.0150. The molecular formula is C20H19N5O4. The molecule has 0 atom stereocenters. The number of aromatic nitrogens is 3. The van der Waals surface area contributed by atoms with Crippen LogP contribution in [0, 0.1) is 0 Å². The van der Waals surface area contributed by atoms with Crippen LogP contribution in [0.15, 0.2) is 40.1 Å². The quantitative estimate of drug-likeness (QED) is 0.693. The summed E-state index contributed by atoms with van der Waals surface area (Å²) >= 11 is 0. The average molecular weight is 393 g/mol. The van der Waals surface area contributed by atoms with Gasteiger partial charge >= 0.3 is 5.69 Å². The molecule has 29 heavy (non-hydrogen) atoms. The van der Waals surface area contributed by atoms with Crippen LogP contribution in [0.5, 0.6) is 0 Å². The fourth-order valence-corrected chi connectivity index (χ4v) is 3.60. The Labute approximate surface area is 165 Å². The number of carbonyl (C=O) groups is 2. The van der Waals surface area contributed by atoms with Gasteiger partial charge in [0.2, 0.25) is 5.91 Å². The highest BCUT2D eigenvalue weighted by molar-refractivity contribution is 6.06. The Hall–Kier alpha value is -3.75. The Kier molecular flexibility index (Phi) is 4.30. The number of amides is 2. The monoisotopic (exact) mass is 393 g/mol. The van der Waals surface area contributed by atoms with Crippen molar-refractivity contribution in [3.8, 4) is 0 Å². The van der Waals surface area contributed by atoms with Crippen LogP contribution in [0.4, 0.5) is 11.4 Å². The second-order valence-electron chi connectivity index (χ2n) is 7.02. The summed E-state index contributed by atoms with van der Waals surface area (Å²) in [5.41, 5.74) is 1.87.